The van der Waals surface area contributed by atoms with Gasteiger partial charge in [0.15, 0.2) is 0 Å². The summed E-state index contributed by atoms with van der Waals surface area (Å²) in [6, 6.07) is 14.7. The molecular weight excluding hydrogens is 335 g/mol. The Labute approximate surface area is 151 Å². The van der Waals surface area contributed by atoms with Crippen LogP contribution in [0.4, 0.5) is 4.39 Å². The van der Waals surface area contributed by atoms with E-state index in [1.54, 1.807) is 12.1 Å². The van der Waals surface area contributed by atoms with Gasteiger partial charge in [-0.2, -0.15) is 0 Å². The Balaban J connectivity index is 2.03. The zero-order valence-electron chi connectivity index (χ0n) is 14.2. The lowest BCUT2D eigenvalue weighted by molar-refractivity contribution is 0.625. The maximum atomic E-state index is 14.5. The monoisotopic (exact) mass is 352 g/mol. The first-order valence-corrected chi connectivity index (χ1v) is 8.77. The molecule has 0 N–H and O–H groups in total. The van der Waals surface area contributed by atoms with E-state index in [0.29, 0.717) is 22.8 Å². The van der Waals surface area contributed by atoms with Gasteiger partial charge >= 0.3 is 0 Å². The van der Waals surface area contributed by atoms with Crippen molar-refractivity contribution in [3.8, 4) is 5.69 Å². The normalized spacial score (nSPS) is 13.0. The van der Waals surface area contributed by atoms with Gasteiger partial charge in [-0.05, 0) is 55.3 Å². The molecule has 0 spiro atoms. The van der Waals surface area contributed by atoms with E-state index in [0.717, 1.165) is 29.1 Å². The molecule has 2 nitrogen and oxygen atoms in total. The molecule has 0 unspecified atom stereocenters. The third-order valence-electron chi connectivity index (χ3n) is 4.73. The summed E-state index contributed by atoms with van der Waals surface area (Å²) < 4.78 is 16.7. The lowest BCUT2D eigenvalue weighted by Gasteiger charge is -2.15. The maximum Gasteiger partial charge on any atom is 0.132 e. The minimum atomic E-state index is -0.272. The number of halogens is 2. The first-order valence-electron chi connectivity index (χ1n) is 8.40. The van der Waals surface area contributed by atoms with Gasteiger partial charge in [-0.3, -0.25) is 4.99 Å². The Morgan fingerprint density at radius 1 is 1.12 bits per heavy atom. The molecule has 0 saturated heterocycles. The number of aromatic nitrogens is 1. The molecule has 0 amide bonds. The van der Waals surface area contributed by atoms with Crippen molar-refractivity contribution in [1.29, 1.82) is 0 Å². The van der Waals surface area contributed by atoms with Gasteiger partial charge in [-0.25, -0.2) is 4.39 Å². The van der Waals surface area contributed by atoms with E-state index < -0.39 is 0 Å². The molecule has 25 heavy (non-hydrogen) atoms. The second-order valence-electron chi connectivity index (χ2n) is 6.25. The molecule has 0 atom stereocenters. The van der Waals surface area contributed by atoms with Crippen LogP contribution >= 0.6 is 11.6 Å². The van der Waals surface area contributed by atoms with Gasteiger partial charge in [0.2, 0.25) is 0 Å². The maximum absolute atomic E-state index is 14.5. The number of rotatable bonds is 2. The van der Waals surface area contributed by atoms with Crippen LogP contribution in [0.15, 0.2) is 53.5 Å². The van der Waals surface area contributed by atoms with Gasteiger partial charge in [-0.15, -0.1) is 0 Å². The van der Waals surface area contributed by atoms with Crippen molar-refractivity contribution >= 4 is 17.3 Å². The topological polar surface area (TPSA) is 17.3 Å². The molecule has 126 valence electrons. The highest BCUT2D eigenvalue weighted by Gasteiger charge is 2.23. The second-order valence-corrected chi connectivity index (χ2v) is 6.69. The molecule has 2 heterocycles. The van der Waals surface area contributed by atoms with Crippen LogP contribution in [0.3, 0.4) is 0 Å². The van der Waals surface area contributed by atoms with Crippen LogP contribution in [0, 0.1) is 12.7 Å². The summed E-state index contributed by atoms with van der Waals surface area (Å²) >= 11 is 6.26. The smallest absolute Gasteiger partial charge is 0.132 e. The molecule has 0 bridgehead atoms. The van der Waals surface area contributed by atoms with Gasteiger partial charge in [0.1, 0.15) is 5.82 Å². The second kappa shape index (κ2) is 6.16. The quantitative estimate of drug-likeness (QED) is 0.580. The van der Waals surface area contributed by atoms with Gasteiger partial charge in [0.05, 0.1) is 17.9 Å². The third kappa shape index (κ3) is 2.59. The zero-order valence-corrected chi connectivity index (χ0v) is 14.9. The Hall–Kier alpha value is -2.39. The van der Waals surface area contributed by atoms with Gasteiger partial charge in [-0.1, -0.05) is 30.7 Å². The number of aryl methyl sites for hydroxylation is 2. The molecule has 2 aromatic carbocycles. The highest BCUT2D eigenvalue weighted by Crippen LogP contribution is 2.32. The van der Waals surface area contributed by atoms with Crippen molar-refractivity contribution in [3.05, 3.63) is 87.4 Å². The SMILES string of the molecule is CCc1cc(C)n2c1CN=C(c1ccccc1F)c1cc(Cl)ccc1-2. The molecule has 1 aliphatic heterocycles. The van der Waals surface area contributed by atoms with Crippen molar-refractivity contribution in [2.45, 2.75) is 26.8 Å². The van der Waals surface area contributed by atoms with Crippen molar-refractivity contribution in [1.82, 2.24) is 4.57 Å². The summed E-state index contributed by atoms with van der Waals surface area (Å²) in [7, 11) is 0. The molecule has 0 saturated carbocycles. The van der Waals surface area contributed by atoms with Crippen LogP contribution in [0.25, 0.3) is 5.69 Å². The predicted molar refractivity (Wildman–Crippen MR) is 101 cm³/mol. The molecule has 3 aromatic rings. The van der Waals surface area contributed by atoms with E-state index in [-0.39, 0.29) is 5.82 Å². The Morgan fingerprint density at radius 2 is 1.92 bits per heavy atom. The summed E-state index contributed by atoms with van der Waals surface area (Å²) in [5.41, 5.74) is 6.61. The molecule has 0 fully saturated rings. The van der Waals surface area contributed by atoms with E-state index in [4.69, 9.17) is 16.6 Å². The summed E-state index contributed by atoms with van der Waals surface area (Å²) in [5, 5.41) is 0.617. The molecule has 0 aliphatic carbocycles. The highest BCUT2D eigenvalue weighted by atomic mass is 35.5. The summed E-state index contributed by atoms with van der Waals surface area (Å²) in [6.07, 6.45) is 0.941. The van der Waals surface area contributed by atoms with Gasteiger partial charge in [0.25, 0.3) is 0 Å². The van der Waals surface area contributed by atoms with Crippen LogP contribution in [-0.2, 0) is 13.0 Å². The van der Waals surface area contributed by atoms with E-state index in [1.807, 2.05) is 24.3 Å². The van der Waals surface area contributed by atoms with Crippen molar-refractivity contribution in [3.63, 3.8) is 0 Å². The van der Waals surface area contributed by atoms with Crippen molar-refractivity contribution < 1.29 is 4.39 Å². The summed E-state index contributed by atoms with van der Waals surface area (Å²) in [5.74, 6) is -0.272. The summed E-state index contributed by atoms with van der Waals surface area (Å²) in [6.45, 7) is 4.76. The Morgan fingerprint density at radius 3 is 2.68 bits per heavy atom. The number of aliphatic imine (C=N–C) groups is 1. The van der Waals surface area contributed by atoms with Crippen LogP contribution in [0.5, 0.6) is 0 Å². The number of hydrogen-bond acceptors (Lipinski definition) is 1. The van der Waals surface area contributed by atoms with Crippen molar-refractivity contribution in [2.75, 3.05) is 0 Å². The predicted octanol–water partition coefficient (Wildman–Crippen LogP) is 5.49. The Bertz CT molecular complexity index is 1000. The van der Waals surface area contributed by atoms with Crippen LogP contribution in [0.2, 0.25) is 5.02 Å². The lowest BCUT2D eigenvalue weighted by Crippen LogP contribution is -2.09. The molecular formula is C21H18ClFN2. The van der Waals surface area contributed by atoms with E-state index >= 15 is 0 Å². The standard InChI is InChI=1S/C21H18ClFN2/c1-3-14-10-13(2)25-19-9-8-15(22)11-17(19)21(24-12-20(14)25)16-6-4-5-7-18(16)23/h4-11H,3,12H2,1-2H3. The van der Waals surface area contributed by atoms with Crippen LogP contribution in [0.1, 0.15) is 35.0 Å². The first kappa shape index (κ1) is 16.1. The highest BCUT2D eigenvalue weighted by molar-refractivity contribution is 6.31. The Kier molecular flexibility index (Phi) is 3.97. The lowest BCUT2D eigenvalue weighted by atomic mass is 10.00. The minimum absolute atomic E-state index is 0.272. The molecule has 4 rings (SSSR count). The largest absolute Gasteiger partial charge is 0.315 e. The fourth-order valence-electron chi connectivity index (χ4n) is 3.59. The molecule has 0 radical (unpaired) electrons. The van der Waals surface area contributed by atoms with Crippen LogP contribution in [-0.4, -0.2) is 10.3 Å². The zero-order chi connectivity index (χ0) is 17.6. The number of fused-ring (bicyclic) bond motifs is 3. The van der Waals surface area contributed by atoms with Gasteiger partial charge in [0, 0.05) is 27.5 Å². The number of nitrogens with zero attached hydrogens (tertiary/aromatic N) is 2. The third-order valence-corrected chi connectivity index (χ3v) is 4.96. The molecule has 1 aliphatic rings. The summed E-state index contributed by atoms with van der Waals surface area (Å²) in [4.78, 5) is 4.80. The van der Waals surface area contributed by atoms with E-state index in [2.05, 4.69) is 24.5 Å². The van der Waals surface area contributed by atoms with Crippen molar-refractivity contribution in [2.24, 2.45) is 4.99 Å². The van der Waals surface area contributed by atoms with Crippen LogP contribution < -0.4 is 0 Å². The molecule has 1 aromatic heterocycles. The number of benzene rings is 2. The van der Waals surface area contributed by atoms with E-state index in [9.17, 15) is 4.39 Å². The van der Waals surface area contributed by atoms with E-state index in [1.165, 1.54) is 11.6 Å². The molecule has 4 heteroatoms. The van der Waals surface area contributed by atoms with Gasteiger partial charge < -0.3 is 4.57 Å². The average molecular weight is 353 g/mol. The average Bonchev–Trinajstić information content (AvgIpc) is 2.82. The first-order chi connectivity index (χ1) is 12.1. The fourth-order valence-corrected chi connectivity index (χ4v) is 3.76. The fraction of sp³-hybridized carbons (Fsp3) is 0.190. The number of hydrogen-bond donors (Lipinski definition) is 0. The minimum Gasteiger partial charge on any atom is -0.315 e.